The van der Waals surface area contributed by atoms with Crippen LogP contribution in [0.4, 0.5) is 0 Å². The molecular weight excluding hydrogens is 286 g/mol. The van der Waals surface area contributed by atoms with Crippen LogP contribution in [0.1, 0.15) is 11.1 Å². The Hall–Kier alpha value is -2.68. The average molecular weight is 305 g/mol. The molecule has 23 heavy (non-hydrogen) atoms. The van der Waals surface area contributed by atoms with Crippen LogP contribution in [0.2, 0.25) is 0 Å². The molecule has 0 radical (unpaired) electrons. The summed E-state index contributed by atoms with van der Waals surface area (Å²) < 4.78 is 0. The van der Waals surface area contributed by atoms with Crippen molar-refractivity contribution in [2.75, 3.05) is 6.54 Å². The topological polar surface area (TPSA) is 46.2 Å². The van der Waals surface area contributed by atoms with Crippen LogP contribution < -0.4 is 5.32 Å². The lowest BCUT2D eigenvalue weighted by molar-refractivity contribution is -0.130. The van der Waals surface area contributed by atoms with Crippen molar-refractivity contribution >= 4 is 17.8 Å². The van der Waals surface area contributed by atoms with Crippen molar-refractivity contribution in [3.8, 4) is 0 Å². The fourth-order valence-electron chi connectivity index (χ4n) is 2.99. The van der Waals surface area contributed by atoms with Gasteiger partial charge in [-0.1, -0.05) is 66.7 Å². The zero-order valence-corrected chi connectivity index (χ0v) is 12.8. The standard InChI is InChI=1S/C20H19NO2/c22-18(12-11-15-7-3-1-4-8-15)19-17(14-21-20(19)23)13-16-9-5-2-6-10-16/h1-12,17,19H,13-14H2,(H,21,23)/b12-11+/t17-,19+/m1/s1. The van der Waals surface area contributed by atoms with Crippen molar-refractivity contribution in [1.29, 1.82) is 0 Å². The number of benzene rings is 2. The highest BCUT2D eigenvalue weighted by Gasteiger charge is 2.38. The number of amides is 1. The van der Waals surface area contributed by atoms with E-state index in [1.54, 1.807) is 6.08 Å². The molecule has 1 saturated heterocycles. The van der Waals surface area contributed by atoms with E-state index >= 15 is 0 Å². The minimum Gasteiger partial charge on any atom is -0.355 e. The summed E-state index contributed by atoms with van der Waals surface area (Å²) >= 11 is 0. The van der Waals surface area contributed by atoms with E-state index in [9.17, 15) is 9.59 Å². The minimum absolute atomic E-state index is 0.0119. The molecule has 3 heteroatoms. The summed E-state index contributed by atoms with van der Waals surface area (Å²) in [5, 5.41) is 2.83. The number of hydrogen-bond donors (Lipinski definition) is 1. The smallest absolute Gasteiger partial charge is 0.231 e. The molecule has 1 amide bonds. The largest absolute Gasteiger partial charge is 0.355 e. The summed E-state index contributed by atoms with van der Waals surface area (Å²) in [4.78, 5) is 24.5. The molecule has 2 aromatic rings. The van der Waals surface area contributed by atoms with Crippen molar-refractivity contribution < 1.29 is 9.59 Å². The maximum atomic E-state index is 12.5. The van der Waals surface area contributed by atoms with Crippen LogP contribution in [0.15, 0.2) is 66.7 Å². The molecule has 3 rings (SSSR count). The van der Waals surface area contributed by atoms with Crippen LogP contribution in [0.3, 0.4) is 0 Å². The number of hydrogen-bond acceptors (Lipinski definition) is 2. The van der Waals surface area contributed by atoms with Gasteiger partial charge in [0.2, 0.25) is 5.91 Å². The molecule has 116 valence electrons. The lowest BCUT2D eigenvalue weighted by Gasteiger charge is -2.14. The van der Waals surface area contributed by atoms with E-state index in [1.165, 1.54) is 6.08 Å². The van der Waals surface area contributed by atoms with E-state index in [0.717, 1.165) is 17.5 Å². The first-order valence-corrected chi connectivity index (χ1v) is 7.82. The Morgan fingerprint density at radius 3 is 2.39 bits per heavy atom. The third kappa shape index (κ3) is 3.75. The first-order chi connectivity index (χ1) is 11.2. The van der Waals surface area contributed by atoms with Crippen LogP contribution in [0, 0.1) is 11.8 Å². The Morgan fingerprint density at radius 1 is 1.04 bits per heavy atom. The molecule has 1 fully saturated rings. The first kappa shape index (κ1) is 15.2. The second kappa shape index (κ2) is 7.05. The van der Waals surface area contributed by atoms with Gasteiger partial charge in [0.25, 0.3) is 0 Å². The maximum absolute atomic E-state index is 12.5. The summed E-state index contributed by atoms with van der Waals surface area (Å²) in [6.45, 7) is 0.559. The van der Waals surface area contributed by atoms with Crippen molar-refractivity contribution in [2.24, 2.45) is 11.8 Å². The van der Waals surface area contributed by atoms with Crippen molar-refractivity contribution in [3.05, 3.63) is 77.9 Å². The molecule has 0 saturated carbocycles. The van der Waals surface area contributed by atoms with Crippen LogP contribution in [-0.2, 0) is 16.0 Å². The quantitative estimate of drug-likeness (QED) is 0.682. The predicted molar refractivity (Wildman–Crippen MR) is 90.6 cm³/mol. The number of nitrogens with one attached hydrogen (secondary N) is 1. The van der Waals surface area contributed by atoms with Crippen molar-refractivity contribution in [1.82, 2.24) is 5.32 Å². The second-order valence-corrected chi connectivity index (χ2v) is 5.82. The fourth-order valence-corrected chi connectivity index (χ4v) is 2.99. The van der Waals surface area contributed by atoms with Crippen LogP contribution >= 0.6 is 0 Å². The van der Waals surface area contributed by atoms with Crippen molar-refractivity contribution in [3.63, 3.8) is 0 Å². The van der Waals surface area contributed by atoms with E-state index in [0.29, 0.717) is 6.54 Å². The highest BCUT2D eigenvalue weighted by Crippen LogP contribution is 2.24. The monoisotopic (exact) mass is 305 g/mol. The van der Waals surface area contributed by atoms with Gasteiger partial charge in [-0.15, -0.1) is 0 Å². The number of allylic oxidation sites excluding steroid dienone is 1. The van der Waals surface area contributed by atoms with E-state index in [4.69, 9.17) is 0 Å². The predicted octanol–water partition coefficient (Wildman–Crippen LogP) is 2.87. The molecule has 1 aliphatic heterocycles. The number of ketones is 1. The summed E-state index contributed by atoms with van der Waals surface area (Å²) in [7, 11) is 0. The van der Waals surface area contributed by atoms with E-state index in [1.807, 2.05) is 60.7 Å². The van der Waals surface area contributed by atoms with E-state index in [-0.39, 0.29) is 17.6 Å². The highest BCUT2D eigenvalue weighted by atomic mass is 16.2. The molecule has 0 aliphatic carbocycles. The van der Waals surface area contributed by atoms with Gasteiger partial charge >= 0.3 is 0 Å². The Kier molecular flexibility index (Phi) is 4.67. The minimum atomic E-state index is -0.588. The summed E-state index contributed by atoms with van der Waals surface area (Å²) in [6.07, 6.45) is 4.03. The van der Waals surface area contributed by atoms with Gasteiger partial charge < -0.3 is 5.32 Å². The van der Waals surface area contributed by atoms with E-state index < -0.39 is 5.92 Å². The Bertz CT molecular complexity index is 707. The SMILES string of the molecule is O=C(/C=C/c1ccccc1)[C@H]1C(=O)NC[C@H]1Cc1ccccc1. The van der Waals surface area contributed by atoms with Gasteiger partial charge in [-0.05, 0) is 29.5 Å². The highest BCUT2D eigenvalue weighted by molar-refractivity contribution is 6.09. The first-order valence-electron chi connectivity index (χ1n) is 7.82. The molecule has 2 atom stereocenters. The van der Waals surface area contributed by atoms with Crippen LogP contribution in [-0.4, -0.2) is 18.2 Å². The molecular formula is C20H19NO2. The number of carbonyl (C=O) groups is 2. The van der Waals surface area contributed by atoms with Crippen LogP contribution in [0.5, 0.6) is 0 Å². The van der Waals surface area contributed by atoms with Gasteiger partial charge in [0.1, 0.15) is 5.92 Å². The summed E-state index contributed by atoms with van der Waals surface area (Å²) in [5.74, 6) is -0.855. The van der Waals surface area contributed by atoms with Gasteiger partial charge in [0.05, 0.1) is 0 Å². The molecule has 2 aromatic carbocycles. The average Bonchev–Trinajstić information content (AvgIpc) is 2.95. The molecule has 3 nitrogen and oxygen atoms in total. The lowest BCUT2D eigenvalue weighted by atomic mass is 9.86. The van der Waals surface area contributed by atoms with Gasteiger partial charge in [0, 0.05) is 6.54 Å². The Balaban J connectivity index is 1.72. The molecule has 0 aromatic heterocycles. The third-order valence-electron chi connectivity index (χ3n) is 4.18. The molecule has 0 unspecified atom stereocenters. The number of rotatable bonds is 5. The summed E-state index contributed by atoms with van der Waals surface area (Å²) in [6, 6.07) is 19.6. The molecule has 0 bridgehead atoms. The summed E-state index contributed by atoms with van der Waals surface area (Å²) in [5.41, 5.74) is 2.11. The van der Waals surface area contributed by atoms with Gasteiger partial charge in [0.15, 0.2) is 5.78 Å². The molecule has 1 N–H and O–H groups in total. The third-order valence-corrected chi connectivity index (χ3v) is 4.18. The van der Waals surface area contributed by atoms with Gasteiger partial charge in [-0.25, -0.2) is 0 Å². The van der Waals surface area contributed by atoms with E-state index in [2.05, 4.69) is 5.32 Å². The molecule has 1 heterocycles. The maximum Gasteiger partial charge on any atom is 0.231 e. The normalized spacial score (nSPS) is 20.6. The fraction of sp³-hybridized carbons (Fsp3) is 0.200. The zero-order chi connectivity index (χ0) is 16.1. The number of carbonyl (C=O) groups excluding carboxylic acids is 2. The molecule has 1 aliphatic rings. The van der Waals surface area contributed by atoms with Gasteiger partial charge in [-0.2, -0.15) is 0 Å². The Labute approximate surface area is 136 Å². The second-order valence-electron chi connectivity index (χ2n) is 5.82. The van der Waals surface area contributed by atoms with Crippen molar-refractivity contribution in [2.45, 2.75) is 6.42 Å². The molecule has 0 spiro atoms. The Morgan fingerprint density at radius 2 is 1.70 bits per heavy atom. The van der Waals surface area contributed by atoms with Crippen LogP contribution in [0.25, 0.3) is 6.08 Å². The lowest BCUT2D eigenvalue weighted by Crippen LogP contribution is -2.27. The zero-order valence-electron chi connectivity index (χ0n) is 12.8. The van der Waals surface area contributed by atoms with Gasteiger partial charge in [-0.3, -0.25) is 9.59 Å².